The zero-order chi connectivity index (χ0) is 25.1. The van der Waals surface area contributed by atoms with Crippen LogP contribution in [-0.2, 0) is 0 Å². The minimum atomic E-state index is -0.820. The van der Waals surface area contributed by atoms with Gasteiger partial charge in [-0.3, -0.25) is 15.0 Å². The van der Waals surface area contributed by atoms with E-state index in [2.05, 4.69) is 36.9 Å². The van der Waals surface area contributed by atoms with E-state index in [0.29, 0.717) is 28.1 Å². The lowest BCUT2D eigenvalue weighted by molar-refractivity contribution is 0.474. The number of benzene rings is 1. The Bertz CT molecular complexity index is 1460. The highest BCUT2D eigenvalue weighted by Gasteiger charge is 2.29. The molecule has 4 aromatic rings. The molecule has 1 aromatic carbocycles. The first-order valence-electron chi connectivity index (χ1n) is 10.6. The van der Waals surface area contributed by atoms with Crippen LogP contribution in [0.25, 0.3) is 22.3 Å². The molecule has 3 heterocycles. The number of aryl methyl sites for hydroxylation is 1. The average molecular weight is 476 g/mol. The fourth-order valence-electron chi connectivity index (χ4n) is 3.62. The van der Waals surface area contributed by atoms with Crippen molar-refractivity contribution in [3.63, 3.8) is 0 Å². The van der Waals surface area contributed by atoms with E-state index in [4.69, 9.17) is 15.1 Å². The van der Waals surface area contributed by atoms with Crippen LogP contribution in [-0.4, -0.2) is 45.6 Å². The average Bonchev–Trinajstić information content (AvgIpc) is 3.27. The first-order chi connectivity index (χ1) is 16.8. The highest BCUT2D eigenvalue weighted by Crippen LogP contribution is 2.32. The molecule has 0 saturated carbocycles. The van der Waals surface area contributed by atoms with Crippen molar-refractivity contribution in [1.82, 2.24) is 20.2 Å². The van der Waals surface area contributed by atoms with E-state index in [9.17, 15) is 8.78 Å². The molecule has 11 heteroatoms. The molecule has 2 N–H and O–H groups in total. The molecule has 2 atom stereocenters. The smallest absolute Gasteiger partial charge is 0.234 e. The van der Waals surface area contributed by atoms with Crippen molar-refractivity contribution >= 4 is 29.3 Å². The van der Waals surface area contributed by atoms with Gasteiger partial charge in [0, 0.05) is 43.3 Å². The summed E-state index contributed by atoms with van der Waals surface area (Å²) >= 11 is 0. The van der Waals surface area contributed by atoms with Gasteiger partial charge in [-0.25, -0.2) is 18.8 Å². The maximum atomic E-state index is 14.0. The number of nitrogens with zero attached hydrogens (tertiary/aromatic N) is 7. The third-order valence-electron chi connectivity index (χ3n) is 5.31. The number of hydrogen-bond acceptors (Lipinski definition) is 7. The SMILES string of the molecule is C=NC(=NC(C)c1cc2ccc(F)cc2nc1-c1cc(F)ccn1)C(C(N)=NC)c1nnc(C)o1. The standard InChI is InChI=1S/C24H22F2N8O/c1-12(31-23(29-4)20(22(27)28-3)24-34-33-13(2)35-24)17-9-14-5-6-15(25)10-18(14)32-21(17)19-11-16(26)7-8-30-19/h5-12,20H,4H2,1-3H3,(H2,27,28). The van der Waals surface area contributed by atoms with Crippen LogP contribution in [0.5, 0.6) is 0 Å². The molecule has 4 rings (SSSR count). The second-order valence-corrected chi connectivity index (χ2v) is 7.68. The summed E-state index contributed by atoms with van der Waals surface area (Å²) in [6.07, 6.45) is 1.34. The van der Waals surface area contributed by atoms with Crippen LogP contribution in [0, 0.1) is 18.6 Å². The van der Waals surface area contributed by atoms with Gasteiger partial charge in [-0.15, -0.1) is 10.2 Å². The molecule has 0 saturated heterocycles. The molecule has 178 valence electrons. The van der Waals surface area contributed by atoms with Crippen LogP contribution in [0.2, 0.25) is 0 Å². The number of pyridine rings is 2. The van der Waals surface area contributed by atoms with E-state index in [-0.39, 0.29) is 23.3 Å². The van der Waals surface area contributed by atoms with Crippen LogP contribution in [0.3, 0.4) is 0 Å². The van der Waals surface area contributed by atoms with Crippen molar-refractivity contribution in [3.05, 3.63) is 71.6 Å². The molecule has 3 aromatic heterocycles. The van der Waals surface area contributed by atoms with Crippen LogP contribution in [0.1, 0.15) is 36.2 Å². The summed E-state index contributed by atoms with van der Waals surface area (Å²) in [5.41, 5.74) is 7.76. The topological polar surface area (TPSA) is 128 Å². The van der Waals surface area contributed by atoms with Gasteiger partial charge in [0.1, 0.15) is 23.3 Å². The lowest BCUT2D eigenvalue weighted by Gasteiger charge is -2.17. The third-order valence-corrected chi connectivity index (χ3v) is 5.31. The van der Waals surface area contributed by atoms with Crippen molar-refractivity contribution in [2.45, 2.75) is 25.8 Å². The Morgan fingerprint density at radius 1 is 1.11 bits per heavy atom. The van der Waals surface area contributed by atoms with Crippen molar-refractivity contribution in [1.29, 1.82) is 0 Å². The number of amidine groups is 2. The van der Waals surface area contributed by atoms with Crippen molar-refractivity contribution in [2.75, 3.05) is 7.05 Å². The second-order valence-electron chi connectivity index (χ2n) is 7.68. The van der Waals surface area contributed by atoms with Crippen LogP contribution in [0.15, 0.2) is 62.0 Å². The zero-order valence-corrected chi connectivity index (χ0v) is 19.3. The van der Waals surface area contributed by atoms with Gasteiger partial charge in [-0.05, 0) is 37.9 Å². The van der Waals surface area contributed by atoms with Gasteiger partial charge in [-0.1, -0.05) is 0 Å². The fourth-order valence-corrected chi connectivity index (χ4v) is 3.62. The lowest BCUT2D eigenvalue weighted by atomic mass is 10.0. The molecular weight excluding hydrogens is 454 g/mol. The van der Waals surface area contributed by atoms with Gasteiger partial charge in [-0.2, -0.15) is 0 Å². The van der Waals surface area contributed by atoms with Gasteiger partial charge in [0.2, 0.25) is 11.8 Å². The van der Waals surface area contributed by atoms with Gasteiger partial charge in [0.25, 0.3) is 0 Å². The van der Waals surface area contributed by atoms with Crippen molar-refractivity contribution in [2.24, 2.45) is 20.7 Å². The minimum Gasteiger partial charge on any atom is -0.424 e. The largest absolute Gasteiger partial charge is 0.424 e. The van der Waals surface area contributed by atoms with Crippen LogP contribution < -0.4 is 5.73 Å². The number of halogens is 2. The molecular formula is C24H22F2N8O. The number of fused-ring (bicyclic) bond motifs is 1. The molecule has 0 aliphatic rings. The number of aromatic nitrogens is 4. The highest BCUT2D eigenvalue weighted by molar-refractivity contribution is 6.10. The van der Waals surface area contributed by atoms with Gasteiger partial charge >= 0.3 is 0 Å². The summed E-state index contributed by atoms with van der Waals surface area (Å²) in [6, 6.07) is 7.97. The van der Waals surface area contributed by atoms with Gasteiger partial charge in [0.05, 0.1) is 22.9 Å². The van der Waals surface area contributed by atoms with E-state index < -0.39 is 23.6 Å². The van der Waals surface area contributed by atoms with E-state index in [1.54, 1.807) is 19.9 Å². The Morgan fingerprint density at radius 2 is 1.89 bits per heavy atom. The summed E-state index contributed by atoms with van der Waals surface area (Å²) in [5.74, 6) is -0.872. The van der Waals surface area contributed by atoms with E-state index >= 15 is 0 Å². The fraction of sp³-hybridized carbons (Fsp3) is 0.208. The van der Waals surface area contributed by atoms with Crippen LogP contribution >= 0.6 is 0 Å². The van der Waals surface area contributed by atoms with Gasteiger partial charge in [0.15, 0.2) is 5.92 Å². The zero-order valence-electron chi connectivity index (χ0n) is 19.3. The van der Waals surface area contributed by atoms with Crippen molar-refractivity contribution in [3.8, 4) is 11.4 Å². The summed E-state index contributed by atoms with van der Waals surface area (Å²) in [5, 5.41) is 8.57. The molecule has 2 unspecified atom stereocenters. The molecule has 0 fully saturated rings. The number of hydrogen-bond donors (Lipinski definition) is 1. The second kappa shape index (κ2) is 9.84. The quantitative estimate of drug-likeness (QED) is 0.328. The lowest BCUT2D eigenvalue weighted by Crippen LogP contribution is -2.28. The van der Waals surface area contributed by atoms with E-state index in [1.165, 1.54) is 37.5 Å². The Morgan fingerprint density at radius 3 is 2.54 bits per heavy atom. The first kappa shape index (κ1) is 23.7. The summed E-state index contributed by atoms with van der Waals surface area (Å²) in [7, 11) is 1.52. The highest BCUT2D eigenvalue weighted by atomic mass is 19.1. The predicted molar refractivity (Wildman–Crippen MR) is 130 cm³/mol. The Labute approximate surface area is 199 Å². The Kier molecular flexibility index (Phi) is 6.67. The predicted octanol–water partition coefficient (Wildman–Crippen LogP) is 4.20. The number of rotatable bonds is 6. The molecule has 0 aliphatic heterocycles. The minimum absolute atomic E-state index is 0.158. The molecule has 0 aliphatic carbocycles. The summed E-state index contributed by atoms with van der Waals surface area (Å²) in [4.78, 5) is 21.7. The summed E-state index contributed by atoms with van der Waals surface area (Å²) in [6.45, 7) is 7.08. The van der Waals surface area contributed by atoms with Gasteiger partial charge < -0.3 is 10.2 Å². The maximum absolute atomic E-state index is 14.0. The van der Waals surface area contributed by atoms with E-state index in [1.807, 2.05) is 6.07 Å². The first-order valence-corrected chi connectivity index (χ1v) is 10.6. The van der Waals surface area contributed by atoms with Crippen LogP contribution in [0.4, 0.5) is 8.78 Å². The summed E-state index contributed by atoms with van der Waals surface area (Å²) < 4.78 is 33.5. The third kappa shape index (κ3) is 4.93. The Hall–Kier alpha value is -4.41. The maximum Gasteiger partial charge on any atom is 0.234 e. The molecule has 9 nitrogen and oxygen atoms in total. The number of aliphatic imine (C=N–C) groups is 3. The molecule has 35 heavy (non-hydrogen) atoms. The molecule has 0 spiro atoms. The normalized spacial score (nSPS) is 14.2. The monoisotopic (exact) mass is 476 g/mol. The molecule has 0 radical (unpaired) electrons. The molecule has 0 bridgehead atoms. The Balaban J connectivity index is 1.88. The number of nitrogens with two attached hydrogens (primary N) is 1. The van der Waals surface area contributed by atoms with Crippen molar-refractivity contribution < 1.29 is 13.2 Å². The molecule has 0 amide bonds. The van der Waals surface area contributed by atoms with E-state index in [0.717, 1.165) is 0 Å².